The van der Waals surface area contributed by atoms with Gasteiger partial charge in [0.25, 0.3) is 0 Å². The third-order valence-electron chi connectivity index (χ3n) is 4.59. The van der Waals surface area contributed by atoms with E-state index in [0.717, 1.165) is 24.1 Å². The average molecular weight is 326 g/mol. The normalized spacial score (nSPS) is 21.6. The van der Waals surface area contributed by atoms with Gasteiger partial charge in [-0.05, 0) is 44.9 Å². The molecule has 1 fully saturated rings. The highest BCUT2D eigenvalue weighted by Crippen LogP contribution is 2.44. The molecule has 2 aliphatic rings. The molecule has 0 bridgehead atoms. The molecule has 4 rings (SSSR count). The average Bonchev–Trinajstić information content (AvgIpc) is 2.50. The Morgan fingerprint density at radius 2 is 2.08 bits per heavy atom. The van der Waals surface area contributed by atoms with Gasteiger partial charge in [-0.3, -0.25) is 4.99 Å². The van der Waals surface area contributed by atoms with Crippen molar-refractivity contribution in [3.8, 4) is 5.75 Å². The highest BCUT2D eigenvalue weighted by atomic mass is 19.1. The first-order chi connectivity index (χ1) is 11.5. The number of nitrogens with zero attached hydrogens (tertiary/aromatic N) is 3. The topological polar surface area (TPSA) is 73.4 Å². The molecule has 2 heterocycles. The van der Waals surface area contributed by atoms with Gasteiger partial charge >= 0.3 is 0 Å². The fourth-order valence-corrected chi connectivity index (χ4v) is 3.34. The molecule has 24 heavy (non-hydrogen) atoms. The lowest BCUT2D eigenvalue weighted by atomic mass is 9.73. The molecule has 6 heteroatoms. The van der Waals surface area contributed by atoms with E-state index in [0.29, 0.717) is 23.0 Å². The van der Waals surface area contributed by atoms with E-state index in [1.807, 2.05) is 19.9 Å². The van der Waals surface area contributed by atoms with Gasteiger partial charge in [0, 0.05) is 11.5 Å². The predicted octanol–water partition coefficient (Wildman–Crippen LogP) is 3.08. The van der Waals surface area contributed by atoms with Crippen LogP contribution in [0.3, 0.4) is 0 Å². The predicted molar refractivity (Wildman–Crippen MR) is 90.0 cm³/mol. The molecule has 0 spiro atoms. The van der Waals surface area contributed by atoms with Crippen molar-refractivity contribution in [2.75, 3.05) is 5.73 Å². The summed E-state index contributed by atoms with van der Waals surface area (Å²) in [5, 5.41) is 0. The number of nitrogen functional groups attached to an aromatic ring is 1. The molecular weight excluding hydrogens is 307 g/mol. The van der Waals surface area contributed by atoms with Gasteiger partial charge in [0.15, 0.2) is 11.6 Å². The third-order valence-corrected chi connectivity index (χ3v) is 4.59. The molecule has 0 saturated heterocycles. The number of nitrogens with two attached hydrogens (primary N) is 1. The molecule has 5 nitrogen and oxygen atoms in total. The molecule has 1 aromatic heterocycles. The summed E-state index contributed by atoms with van der Waals surface area (Å²) in [7, 11) is 0. The summed E-state index contributed by atoms with van der Waals surface area (Å²) in [6.07, 6.45) is 3.49. The van der Waals surface area contributed by atoms with Gasteiger partial charge in [-0.25, -0.2) is 14.4 Å². The van der Waals surface area contributed by atoms with Crippen LogP contribution >= 0.6 is 0 Å². The second kappa shape index (κ2) is 5.54. The second-order valence-electron chi connectivity index (χ2n) is 6.56. The van der Waals surface area contributed by atoms with E-state index in [9.17, 15) is 4.39 Å². The lowest BCUT2D eigenvalue weighted by Crippen LogP contribution is -2.36. The molecule has 0 amide bonds. The standard InChI is InChI=1S/C18H19FN4O/c1-9(2)24-14-6-3-10(7-12(14)19)16-15-17(21-8-22-18(15)20)11-4-5-13(11)23-16/h3,6-9,11,13H,4-5H2,1-2H3,(H2,20,21,22). The smallest absolute Gasteiger partial charge is 0.165 e. The van der Waals surface area contributed by atoms with Gasteiger partial charge in [-0.2, -0.15) is 0 Å². The van der Waals surface area contributed by atoms with Crippen molar-refractivity contribution in [1.29, 1.82) is 0 Å². The van der Waals surface area contributed by atoms with Crippen molar-refractivity contribution in [3.05, 3.63) is 47.2 Å². The lowest BCUT2D eigenvalue weighted by molar-refractivity contribution is 0.231. The number of hydrogen-bond donors (Lipinski definition) is 1. The second-order valence-corrected chi connectivity index (χ2v) is 6.56. The van der Waals surface area contributed by atoms with Crippen LogP contribution in [0.15, 0.2) is 29.5 Å². The Bertz CT molecular complexity index is 834. The molecule has 2 unspecified atom stereocenters. The molecule has 2 aromatic rings. The molecule has 2 N–H and O–H groups in total. The van der Waals surface area contributed by atoms with Crippen molar-refractivity contribution in [3.63, 3.8) is 0 Å². The van der Waals surface area contributed by atoms with E-state index in [1.165, 1.54) is 12.4 Å². The zero-order valence-electron chi connectivity index (χ0n) is 13.7. The van der Waals surface area contributed by atoms with Crippen molar-refractivity contribution in [2.45, 2.75) is 44.8 Å². The number of fused-ring (bicyclic) bond motifs is 3. The summed E-state index contributed by atoms with van der Waals surface area (Å²) < 4.78 is 19.9. The Morgan fingerprint density at radius 3 is 2.75 bits per heavy atom. The van der Waals surface area contributed by atoms with E-state index < -0.39 is 5.82 Å². The maximum absolute atomic E-state index is 14.4. The van der Waals surface area contributed by atoms with Crippen molar-refractivity contribution in [2.24, 2.45) is 4.99 Å². The molecule has 2 atom stereocenters. The van der Waals surface area contributed by atoms with Crippen molar-refractivity contribution >= 4 is 11.5 Å². The largest absolute Gasteiger partial charge is 0.488 e. The number of rotatable bonds is 3. The van der Waals surface area contributed by atoms with E-state index in [2.05, 4.69) is 9.97 Å². The van der Waals surface area contributed by atoms with E-state index in [1.54, 1.807) is 6.07 Å². The van der Waals surface area contributed by atoms with Gasteiger partial charge in [0.2, 0.25) is 0 Å². The van der Waals surface area contributed by atoms with Crippen LogP contribution in [0.2, 0.25) is 0 Å². The van der Waals surface area contributed by atoms with E-state index in [4.69, 9.17) is 15.5 Å². The minimum Gasteiger partial charge on any atom is -0.488 e. The van der Waals surface area contributed by atoms with E-state index >= 15 is 0 Å². The quantitative estimate of drug-likeness (QED) is 0.940. The number of benzene rings is 1. The molecule has 1 aliphatic carbocycles. The molecule has 0 radical (unpaired) electrons. The minimum atomic E-state index is -0.406. The fourth-order valence-electron chi connectivity index (χ4n) is 3.34. The first-order valence-corrected chi connectivity index (χ1v) is 8.19. The molecule has 1 saturated carbocycles. The van der Waals surface area contributed by atoms with E-state index in [-0.39, 0.29) is 17.9 Å². The lowest BCUT2D eigenvalue weighted by Gasteiger charge is -2.38. The van der Waals surface area contributed by atoms with Crippen LogP contribution in [0, 0.1) is 5.82 Å². The number of ether oxygens (including phenoxy) is 1. The first kappa shape index (κ1) is 15.1. The maximum atomic E-state index is 14.4. The minimum absolute atomic E-state index is 0.0853. The van der Waals surface area contributed by atoms with Crippen LogP contribution in [-0.4, -0.2) is 27.8 Å². The fraction of sp³-hybridized carbons (Fsp3) is 0.389. The van der Waals surface area contributed by atoms with Crippen LogP contribution < -0.4 is 10.5 Å². The van der Waals surface area contributed by atoms with Crippen molar-refractivity contribution in [1.82, 2.24) is 9.97 Å². The Labute approximate surface area is 139 Å². The van der Waals surface area contributed by atoms with Crippen LogP contribution in [0.4, 0.5) is 10.2 Å². The highest BCUT2D eigenvalue weighted by molar-refractivity contribution is 6.16. The van der Waals surface area contributed by atoms with Crippen LogP contribution in [0.5, 0.6) is 5.75 Å². The number of aromatic nitrogens is 2. The van der Waals surface area contributed by atoms with Gasteiger partial charge in [-0.15, -0.1) is 0 Å². The molecule has 124 valence electrons. The Kier molecular flexibility index (Phi) is 3.48. The summed E-state index contributed by atoms with van der Waals surface area (Å²) in [5.74, 6) is 0.537. The van der Waals surface area contributed by atoms with Crippen LogP contribution in [-0.2, 0) is 0 Å². The third kappa shape index (κ3) is 2.33. The molecule has 1 aliphatic heterocycles. The van der Waals surface area contributed by atoms with Crippen LogP contribution in [0.1, 0.15) is 49.4 Å². The van der Waals surface area contributed by atoms with Gasteiger partial charge in [0.1, 0.15) is 12.1 Å². The number of hydrogen-bond acceptors (Lipinski definition) is 5. The number of halogens is 1. The monoisotopic (exact) mass is 326 g/mol. The molecule has 1 aromatic carbocycles. The van der Waals surface area contributed by atoms with Crippen LogP contribution in [0.25, 0.3) is 0 Å². The van der Waals surface area contributed by atoms with Gasteiger partial charge < -0.3 is 10.5 Å². The number of anilines is 1. The Hall–Kier alpha value is -2.50. The van der Waals surface area contributed by atoms with Crippen molar-refractivity contribution < 1.29 is 9.13 Å². The SMILES string of the molecule is CC(C)Oc1ccc(C2=NC3CCC3c3ncnc(N)c32)cc1F. The first-order valence-electron chi connectivity index (χ1n) is 8.19. The molecular formula is C18H19FN4O. The summed E-state index contributed by atoms with van der Waals surface area (Å²) >= 11 is 0. The number of aliphatic imine (C=N–C) groups is 1. The van der Waals surface area contributed by atoms with Gasteiger partial charge in [-0.1, -0.05) is 0 Å². The summed E-state index contributed by atoms with van der Waals surface area (Å²) in [4.78, 5) is 13.3. The summed E-state index contributed by atoms with van der Waals surface area (Å²) in [5.41, 5.74) is 9.12. The maximum Gasteiger partial charge on any atom is 0.165 e. The summed E-state index contributed by atoms with van der Waals surface area (Å²) in [6.45, 7) is 3.73. The highest BCUT2D eigenvalue weighted by Gasteiger charge is 2.40. The summed E-state index contributed by atoms with van der Waals surface area (Å²) in [6, 6.07) is 5.11. The zero-order valence-corrected chi connectivity index (χ0v) is 13.7. The zero-order chi connectivity index (χ0) is 16.8. The Morgan fingerprint density at radius 1 is 1.25 bits per heavy atom. The van der Waals surface area contributed by atoms with Gasteiger partial charge in [0.05, 0.1) is 29.1 Å². The Balaban J connectivity index is 1.79.